The fourth-order valence-corrected chi connectivity index (χ4v) is 2.77. The second kappa shape index (κ2) is 7.74. The van der Waals surface area contributed by atoms with Crippen LogP contribution in [0.25, 0.3) is 0 Å². The highest BCUT2D eigenvalue weighted by Gasteiger charge is 2.13. The van der Waals surface area contributed by atoms with E-state index in [1.165, 1.54) is 6.26 Å². The Labute approximate surface area is 121 Å². The molecule has 0 aliphatic rings. The lowest BCUT2D eigenvalue weighted by Crippen LogP contribution is -2.23. The van der Waals surface area contributed by atoms with Gasteiger partial charge in [-0.1, -0.05) is 19.1 Å². The van der Waals surface area contributed by atoms with Crippen LogP contribution < -0.4 is 5.32 Å². The van der Waals surface area contributed by atoms with E-state index >= 15 is 0 Å². The molecule has 1 rings (SSSR count). The van der Waals surface area contributed by atoms with E-state index in [4.69, 9.17) is 0 Å². The van der Waals surface area contributed by atoms with Gasteiger partial charge in [0.25, 0.3) is 0 Å². The second-order valence-electron chi connectivity index (χ2n) is 5.29. The molecule has 0 bridgehead atoms. The van der Waals surface area contributed by atoms with Crippen molar-refractivity contribution in [2.75, 3.05) is 18.6 Å². The summed E-state index contributed by atoms with van der Waals surface area (Å²) in [7, 11) is -2.94. The Morgan fingerprint density at radius 1 is 1.35 bits per heavy atom. The summed E-state index contributed by atoms with van der Waals surface area (Å²) in [5, 5.41) is 3.36. The van der Waals surface area contributed by atoms with E-state index in [0.29, 0.717) is 18.4 Å². The van der Waals surface area contributed by atoms with Crippen molar-refractivity contribution in [1.29, 1.82) is 0 Å². The summed E-state index contributed by atoms with van der Waals surface area (Å²) in [6.45, 7) is 4.63. The molecule has 1 unspecified atom stereocenters. The molecule has 0 fully saturated rings. The first-order valence-corrected chi connectivity index (χ1v) is 9.06. The average Bonchev–Trinajstić information content (AvgIpc) is 2.35. The Morgan fingerprint density at radius 2 is 2.05 bits per heavy atom. The predicted molar refractivity (Wildman–Crippen MR) is 81.1 cm³/mol. The maximum absolute atomic E-state index is 13.6. The molecule has 0 amide bonds. The molecule has 1 aromatic carbocycles. The van der Waals surface area contributed by atoms with Crippen molar-refractivity contribution in [3.05, 3.63) is 35.1 Å². The van der Waals surface area contributed by atoms with E-state index in [9.17, 15) is 12.8 Å². The van der Waals surface area contributed by atoms with Gasteiger partial charge in [0.2, 0.25) is 0 Å². The van der Waals surface area contributed by atoms with Gasteiger partial charge in [0.1, 0.15) is 15.7 Å². The standard InChI is InChI=1S/C15H24FNO2S/c1-4-9-17-15(6-5-10-20(3,18)19)13-8-7-12(2)14(16)11-13/h7-8,11,15,17H,4-6,9-10H2,1-3H3. The monoisotopic (exact) mass is 301 g/mol. The van der Waals surface area contributed by atoms with Crippen LogP contribution in [0.5, 0.6) is 0 Å². The smallest absolute Gasteiger partial charge is 0.147 e. The summed E-state index contributed by atoms with van der Waals surface area (Å²) >= 11 is 0. The average molecular weight is 301 g/mol. The molecule has 0 saturated heterocycles. The van der Waals surface area contributed by atoms with E-state index in [2.05, 4.69) is 12.2 Å². The van der Waals surface area contributed by atoms with Gasteiger partial charge in [0.15, 0.2) is 0 Å². The molecule has 0 aliphatic heterocycles. The van der Waals surface area contributed by atoms with Gasteiger partial charge in [-0.3, -0.25) is 0 Å². The van der Waals surface area contributed by atoms with Crippen molar-refractivity contribution in [1.82, 2.24) is 5.32 Å². The number of hydrogen-bond acceptors (Lipinski definition) is 3. The molecular formula is C15H24FNO2S. The maximum atomic E-state index is 13.6. The van der Waals surface area contributed by atoms with Gasteiger partial charge in [0, 0.05) is 18.1 Å². The molecule has 5 heteroatoms. The van der Waals surface area contributed by atoms with Crippen molar-refractivity contribution in [2.45, 2.75) is 39.2 Å². The number of hydrogen-bond donors (Lipinski definition) is 1. The third-order valence-electron chi connectivity index (χ3n) is 3.25. The first-order valence-electron chi connectivity index (χ1n) is 7.00. The molecule has 0 spiro atoms. The van der Waals surface area contributed by atoms with Gasteiger partial charge in [0.05, 0.1) is 0 Å². The lowest BCUT2D eigenvalue weighted by atomic mass is 10.0. The molecule has 0 aliphatic carbocycles. The van der Waals surface area contributed by atoms with Gasteiger partial charge >= 0.3 is 0 Å². The Bertz CT molecular complexity index is 529. The predicted octanol–water partition coefficient (Wildman–Crippen LogP) is 3.00. The molecule has 1 aromatic rings. The van der Waals surface area contributed by atoms with Crippen LogP contribution in [0.3, 0.4) is 0 Å². The zero-order chi connectivity index (χ0) is 15.2. The number of aryl methyl sites for hydroxylation is 1. The largest absolute Gasteiger partial charge is 0.310 e. The highest BCUT2D eigenvalue weighted by molar-refractivity contribution is 7.90. The van der Waals surface area contributed by atoms with E-state index in [1.807, 2.05) is 6.07 Å². The minimum atomic E-state index is -2.94. The Kier molecular flexibility index (Phi) is 6.62. The van der Waals surface area contributed by atoms with E-state index in [-0.39, 0.29) is 17.6 Å². The van der Waals surface area contributed by atoms with E-state index < -0.39 is 9.84 Å². The zero-order valence-corrected chi connectivity index (χ0v) is 13.3. The van der Waals surface area contributed by atoms with Gasteiger partial charge in [-0.15, -0.1) is 0 Å². The van der Waals surface area contributed by atoms with Crippen LogP contribution in [0.15, 0.2) is 18.2 Å². The SMILES string of the molecule is CCCNC(CCCS(C)(=O)=O)c1ccc(C)c(F)c1. The van der Waals surface area contributed by atoms with Crippen LogP contribution >= 0.6 is 0 Å². The third-order valence-corrected chi connectivity index (χ3v) is 4.28. The summed E-state index contributed by atoms with van der Waals surface area (Å²) in [6, 6.07) is 5.23. The number of rotatable bonds is 8. The summed E-state index contributed by atoms with van der Waals surface area (Å²) in [6.07, 6.45) is 3.50. The molecule has 0 saturated carbocycles. The lowest BCUT2D eigenvalue weighted by molar-refractivity contribution is 0.489. The van der Waals surface area contributed by atoms with Crippen molar-refractivity contribution in [3.63, 3.8) is 0 Å². The summed E-state index contributed by atoms with van der Waals surface area (Å²) in [5.74, 6) is -0.0417. The van der Waals surface area contributed by atoms with Crippen molar-refractivity contribution in [3.8, 4) is 0 Å². The Balaban J connectivity index is 2.74. The van der Waals surface area contributed by atoms with Crippen molar-refractivity contribution < 1.29 is 12.8 Å². The zero-order valence-electron chi connectivity index (χ0n) is 12.4. The number of benzene rings is 1. The summed E-state index contributed by atoms with van der Waals surface area (Å²) in [5.41, 5.74) is 1.51. The molecule has 1 N–H and O–H groups in total. The normalized spacial score (nSPS) is 13.4. The highest BCUT2D eigenvalue weighted by atomic mass is 32.2. The minimum Gasteiger partial charge on any atom is -0.310 e. The molecule has 0 aromatic heterocycles. The third kappa shape index (κ3) is 6.01. The number of halogens is 1. The first kappa shape index (κ1) is 17.1. The van der Waals surface area contributed by atoms with Crippen LogP contribution in [0, 0.1) is 12.7 Å². The maximum Gasteiger partial charge on any atom is 0.147 e. The number of sulfone groups is 1. The van der Waals surface area contributed by atoms with Crippen LogP contribution in [0.4, 0.5) is 4.39 Å². The molecular weight excluding hydrogens is 277 g/mol. The van der Waals surface area contributed by atoms with E-state index in [0.717, 1.165) is 18.5 Å². The van der Waals surface area contributed by atoms with Gasteiger partial charge < -0.3 is 5.32 Å². The van der Waals surface area contributed by atoms with Crippen LogP contribution in [0.1, 0.15) is 43.4 Å². The fourth-order valence-electron chi connectivity index (χ4n) is 2.08. The minimum absolute atomic E-state index is 0.00630. The topological polar surface area (TPSA) is 46.2 Å². The van der Waals surface area contributed by atoms with E-state index in [1.54, 1.807) is 19.1 Å². The lowest BCUT2D eigenvalue weighted by Gasteiger charge is -2.19. The van der Waals surface area contributed by atoms with Gasteiger partial charge in [-0.25, -0.2) is 12.8 Å². The quantitative estimate of drug-likeness (QED) is 0.803. The Hall–Kier alpha value is -0.940. The van der Waals surface area contributed by atoms with Crippen LogP contribution in [-0.4, -0.2) is 27.0 Å². The molecule has 114 valence electrons. The molecule has 0 heterocycles. The van der Waals surface area contributed by atoms with Crippen molar-refractivity contribution in [2.24, 2.45) is 0 Å². The second-order valence-corrected chi connectivity index (χ2v) is 7.55. The summed E-state index contributed by atoms with van der Waals surface area (Å²) < 4.78 is 36.0. The highest BCUT2D eigenvalue weighted by Crippen LogP contribution is 2.21. The molecule has 3 nitrogen and oxygen atoms in total. The molecule has 0 radical (unpaired) electrons. The van der Waals surface area contributed by atoms with Crippen LogP contribution in [-0.2, 0) is 9.84 Å². The van der Waals surface area contributed by atoms with Gasteiger partial charge in [-0.05, 0) is 49.9 Å². The Morgan fingerprint density at radius 3 is 2.60 bits per heavy atom. The number of nitrogens with one attached hydrogen (secondary N) is 1. The first-order chi connectivity index (χ1) is 9.33. The van der Waals surface area contributed by atoms with Gasteiger partial charge in [-0.2, -0.15) is 0 Å². The molecule has 1 atom stereocenters. The van der Waals surface area contributed by atoms with Crippen LogP contribution in [0.2, 0.25) is 0 Å². The van der Waals surface area contributed by atoms with Crippen molar-refractivity contribution >= 4 is 9.84 Å². The summed E-state index contributed by atoms with van der Waals surface area (Å²) in [4.78, 5) is 0. The molecule has 20 heavy (non-hydrogen) atoms. The fraction of sp³-hybridized carbons (Fsp3) is 0.600.